The minimum atomic E-state index is -2.60. The van der Waals surface area contributed by atoms with Crippen LogP contribution in [0.3, 0.4) is 0 Å². The van der Waals surface area contributed by atoms with Crippen molar-refractivity contribution >= 4 is 154 Å². The first kappa shape index (κ1) is 68.3. The highest BCUT2D eigenvalue weighted by Gasteiger charge is 2.19. The first-order valence-electron chi connectivity index (χ1n) is 28.6. The van der Waals surface area contributed by atoms with E-state index >= 15 is 0 Å². The number of hydrogen-bond acceptors (Lipinski definition) is 27. The molecule has 0 spiro atoms. The van der Waals surface area contributed by atoms with Gasteiger partial charge in [-0.1, -0.05) is 24.3 Å². The van der Waals surface area contributed by atoms with Gasteiger partial charge in [0, 0.05) is 67.9 Å². The molecule has 0 amide bonds. The van der Waals surface area contributed by atoms with Crippen LogP contribution in [0.1, 0.15) is 27.7 Å². The first-order valence-corrected chi connectivity index (χ1v) is 31.3. The number of aromatic nitrogens is 24. The number of ether oxygens (including phenoxy) is 2. The lowest BCUT2D eigenvalue weighted by Gasteiger charge is -2.16. The van der Waals surface area contributed by atoms with Crippen molar-refractivity contribution in [2.75, 3.05) is 46.9 Å². The Balaban J connectivity index is 0.000000124. The number of pyridine rings is 1. The van der Waals surface area contributed by atoms with Crippen LogP contribution in [0.25, 0.3) is 55.6 Å². The third-order valence-corrected chi connectivity index (χ3v) is 14.7. The van der Waals surface area contributed by atoms with Crippen LogP contribution in [-0.2, 0) is 32.7 Å². The van der Waals surface area contributed by atoms with Gasteiger partial charge in [0.15, 0.2) is 41.0 Å². The number of H-pyrrole nitrogens is 5. The largest absolute Gasteiger partial charge is 0.468 e. The van der Waals surface area contributed by atoms with Crippen LogP contribution in [0.5, 0.6) is 12.0 Å². The fourth-order valence-corrected chi connectivity index (χ4v) is 10.2. The van der Waals surface area contributed by atoms with Crippen LogP contribution < -0.4 is 35.6 Å². The van der Waals surface area contributed by atoms with Crippen molar-refractivity contribution in [1.82, 2.24) is 120 Å². The molecule has 0 bridgehead atoms. The van der Waals surface area contributed by atoms with E-state index in [9.17, 15) is 13.2 Å². The maximum atomic E-state index is 13.5. The van der Waals surface area contributed by atoms with Gasteiger partial charge >= 0.3 is 0 Å². The number of nitrogens with one attached hydrogen (secondary N) is 9. The second-order valence-corrected chi connectivity index (χ2v) is 22.3. The highest BCUT2D eigenvalue weighted by atomic mass is 35.5. The van der Waals surface area contributed by atoms with Gasteiger partial charge in [0.2, 0.25) is 26.4 Å². The predicted octanol–water partition coefficient (Wildman–Crippen LogP) is 11.5. The molecule has 14 heterocycles. The summed E-state index contributed by atoms with van der Waals surface area (Å²) in [6.45, 7) is 1.63. The molecule has 40 heteroatoms. The number of alkyl halides is 2. The van der Waals surface area contributed by atoms with Crippen LogP contribution in [0, 0.1) is 5.82 Å². The van der Waals surface area contributed by atoms with E-state index in [2.05, 4.69) is 141 Å². The zero-order chi connectivity index (χ0) is 68.3. The monoisotopic (exact) mass is 1450 g/mol. The summed E-state index contributed by atoms with van der Waals surface area (Å²) < 4.78 is 47.8. The third-order valence-electron chi connectivity index (χ3n) is 13.1. The molecular formula is C58H49Cl5F3N29O2S. The molecule has 15 rings (SSSR count). The predicted molar refractivity (Wildman–Crippen MR) is 364 cm³/mol. The Morgan fingerprint density at radius 1 is 0.531 bits per heavy atom. The average Bonchev–Trinajstić information content (AvgIpc) is 1.64. The number of rotatable bonds is 19. The van der Waals surface area contributed by atoms with Gasteiger partial charge < -0.3 is 60.6 Å². The summed E-state index contributed by atoms with van der Waals surface area (Å²) in [6.07, 6.45) is 14.0. The van der Waals surface area contributed by atoms with Gasteiger partial charge in [-0.2, -0.15) is 49.8 Å². The number of halogens is 8. The summed E-state index contributed by atoms with van der Waals surface area (Å²) in [5.41, 5.74) is 7.35. The van der Waals surface area contributed by atoms with E-state index in [1.165, 1.54) is 25.8 Å². The van der Waals surface area contributed by atoms with Crippen molar-refractivity contribution in [2.24, 2.45) is 0 Å². The summed E-state index contributed by atoms with van der Waals surface area (Å²) in [5, 5.41) is 17.8. The number of thiazole rings is 1. The second kappa shape index (κ2) is 33.0. The number of benzene rings is 1. The zero-order valence-corrected chi connectivity index (χ0v) is 55.2. The Labute approximate surface area is 579 Å². The van der Waals surface area contributed by atoms with E-state index in [1.807, 2.05) is 53.9 Å². The lowest BCUT2D eigenvalue weighted by molar-refractivity contribution is 0.0777. The molecule has 0 radical (unpaired) electrons. The number of methoxy groups -OCH3 is 1. The fourth-order valence-electron chi connectivity index (χ4n) is 8.73. The average molecular weight is 1450 g/mol. The molecule has 0 saturated heterocycles. The number of nitrogens with zero attached hydrogens (tertiary/aromatic N) is 20. The lowest BCUT2D eigenvalue weighted by Crippen LogP contribution is -2.18. The van der Waals surface area contributed by atoms with Crippen molar-refractivity contribution < 1.29 is 22.6 Å². The molecule has 31 nitrogen and oxygen atoms in total. The molecule has 1 aromatic carbocycles. The Bertz CT molecular complexity index is 4930. The van der Waals surface area contributed by atoms with Gasteiger partial charge in [0.1, 0.15) is 56.6 Å². The maximum absolute atomic E-state index is 13.5. The first-order chi connectivity index (χ1) is 47.7. The molecule has 0 aliphatic heterocycles. The number of imidazole rings is 3. The normalized spacial score (nSPS) is 10.9. The Kier molecular flexibility index (Phi) is 23.0. The molecule has 0 fully saturated rings. The summed E-state index contributed by atoms with van der Waals surface area (Å²) >= 11 is 30.9. The Hall–Kier alpha value is -11.1. The Morgan fingerprint density at radius 2 is 1.13 bits per heavy atom. The van der Waals surface area contributed by atoms with E-state index < -0.39 is 13.0 Å². The van der Waals surface area contributed by atoms with Gasteiger partial charge in [-0.15, -0.1) is 11.3 Å². The minimum Gasteiger partial charge on any atom is -0.468 e. The van der Waals surface area contributed by atoms with Gasteiger partial charge in [0.05, 0.1) is 73.7 Å². The summed E-state index contributed by atoms with van der Waals surface area (Å²) in [7, 11) is 3.44. The van der Waals surface area contributed by atoms with Gasteiger partial charge in [0.25, 0.3) is 18.4 Å². The van der Waals surface area contributed by atoms with Gasteiger partial charge in [-0.3, -0.25) is 15.0 Å². The summed E-state index contributed by atoms with van der Waals surface area (Å²) in [5.74, 6) is 2.63. The topological polar surface area (TPSA) is 394 Å². The molecule has 15 aromatic rings. The van der Waals surface area contributed by atoms with Crippen molar-refractivity contribution in [3.05, 3.63) is 188 Å². The third kappa shape index (κ3) is 18.5. The number of anilines is 5. The van der Waals surface area contributed by atoms with E-state index in [0.717, 1.165) is 38.5 Å². The minimum absolute atomic E-state index is 0.0328. The van der Waals surface area contributed by atoms with E-state index in [0.29, 0.717) is 107 Å². The van der Waals surface area contributed by atoms with Crippen LogP contribution >= 0.6 is 69.3 Å². The van der Waals surface area contributed by atoms with Gasteiger partial charge in [-0.05, 0) is 94.4 Å². The summed E-state index contributed by atoms with van der Waals surface area (Å²) in [6, 6.07) is 18.1. The molecule has 98 heavy (non-hydrogen) atoms. The zero-order valence-electron chi connectivity index (χ0n) is 50.6. The quantitative estimate of drug-likeness (QED) is 0.0340. The lowest BCUT2D eigenvalue weighted by atomic mass is 10.2. The molecule has 0 unspecified atom stereocenters. The van der Waals surface area contributed by atoms with Gasteiger partial charge in [-0.25, -0.2) is 43.1 Å². The molecule has 0 atom stereocenters. The van der Waals surface area contributed by atoms with E-state index in [-0.39, 0.29) is 43.9 Å². The van der Waals surface area contributed by atoms with Crippen LogP contribution in [-0.4, -0.2) is 147 Å². The van der Waals surface area contributed by atoms with Crippen LogP contribution in [0.15, 0.2) is 128 Å². The van der Waals surface area contributed by atoms with Crippen molar-refractivity contribution in [3.63, 3.8) is 0 Å². The van der Waals surface area contributed by atoms with Crippen molar-refractivity contribution in [2.45, 2.75) is 39.1 Å². The van der Waals surface area contributed by atoms with E-state index in [1.54, 1.807) is 79.0 Å². The fraction of sp³-hybridized carbons (Fsp3) is 0.155. The maximum Gasteiger partial charge on any atom is 0.296 e. The highest BCUT2D eigenvalue weighted by molar-refractivity contribution is 7.09. The molecular weight excluding hydrogens is 1400 g/mol. The number of fused-ring (bicyclic) bond motifs is 5. The van der Waals surface area contributed by atoms with Crippen LogP contribution in [0.4, 0.5) is 42.3 Å². The molecule has 0 aliphatic carbocycles. The molecule has 500 valence electrons. The smallest absolute Gasteiger partial charge is 0.296 e. The van der Waals surface area contributed by atoms with Crippen molar-refractivity contribution in [3.8, 4) is 12.0 Å². The van der Waals surface area contributed by atoms with Crippen LogP contribution in [0.2, 0.25) is 26.4 Å². The SMILES string of the molecule is COc1nc2nc(Cl)nc(N(C)Cc3nccs3)c2[nH]1.Clc1nc(NCc2ccccn2)c2cc[nH]c2n1.Clc1nc(NCc2cnccn2)c2cc[nH]c2n1.FC(F)COc1nc2nc(Cl)nc(NCc3ccncn3)c2[nH]1.Fc1ccccc1CNc1nc(Cl)nc2nc[nH]c12. The molecule has 0 saturated carbocycles. The Morgan fingerprint density at radius 3 is 1.78 bits per heavy atom. The second-order valence-electron chi connectivity index (χ2n) is 19.7. The standard InChI is InChI=1S/C12H10ClF2N7O.C12H9ClFN5.C12H10ClN5.C11H11ClN6OS.C11H9ClN6/c13-11-20-9(17-3-6-1-2-16-5-18-6)8-10(21-11)22-12(19-8)23-4-7(14)15;13-12-18-10(9-11(19-12)17-6-16-9)15-5-7-3-1-2-4-8(7)14;13-12-17-10-9(4-6-15-10)11(18-12)16-7-8-3-1-2-5-14-8;1-18(5-6-13-3-4-20-6)9-7-8(15-10(12)17-9)16-11(14-7)19-2;12-11-17-9-8(1-2-15-9)10(18-11)16-6-7-5-13-3-4-14-7/h1-2,5,7H,3-4H2,(H2,17,19,20,21,22);1-4,6H,5H2,(H2,15,16,17,18,19);1-6H,7H2,(H2,15,16,17,18);3-4H,5H2,1-2H3,(H,14,15,16,17);1-5H,6H2,(H2,15,16,17,18). The molecule has 14 aromatic heterocycles. The number of aromatic amines is 5. The number of hydrogen-bond donors (Lipinski definition) is 9. The molecule has 9 N–H and O–H groups in total. The molecule has 0 aliphatic rings. The van der Waals surface area contributed by atoms with Crippen molar-refractivity contribution in [1.29, 1.82) is 0 Å². The summed E-state index contributed by atoms with van der Waals surface area (Å²) in [4.78, 5) is 94.2. The highest BCUT2D eigenvalue weighted by Crippen LogP contribution is 2.29. The van der Waals surface area contributed by atoms with E-state index in [4.69, 9.17) is 67.5 Å².